The number of aromatic amines is 1. The van der Waals surface area contributed by atoms with Gasteiger partial charge in [0, 0.05) is 5.02 Å². The van der Waals surface area contributed by atoms with Crippen molar-refractivity contribution in [2.45, 2.75) is 19.1 Å². The first kappa shape index (κ1) is 22.9. The smallest absolute Gasteiger partial charge is 0.437 e. The van der Waals surface area contributed by atoms with Crippen LogP contribution in [-0.4, -0.2) is 19.7 Å². The van der Waals surface area contributed by atoms with Crippen LogP contribution in [0.3, 0.4) is 0 Å². The van der Waals surface area contributed by atoms with Gasteiger partial charge in [0.25, 0.3) is 17.5 Å². The number of aromatic nitrogens is 4. The number of nitrogens with one attached hydrogen (secondary N) is 1. The van der Waals surface area contributed by atoms with Gasteiger partial charge in [-0.1, -0.05) is 11.6 Å². The Kier molecular flexibility index (Phi) is 6.26. The molecule has 0 radical (unpaired) electrons. The first-order valence-electron chi connectivity index (χ1n) is 8.41. The van der Waals surface area contributed by atoms with Crippen molar-refractivity contribution in [1.82, 2.24) is 19.7 Å². The second-order valence-corrected chi connectivity index (χ2v) is 6.62. The number of nitriles is 1. The number of rotatable bonds is 5. The Bertz CT molecular complexity index is 1330. The van der Waals surface area contributed by atoms with E-state index in [1.165, 1.54) is 6.07 Å². The SMILES string of the molecule is N#Cc1cc(Cl)cc(Oc2c(C(F)(F)F)ncn(Cc3cc(C(F)F)c(=O)[nH]n3)c2=O)c1. The fourth-order valence-electron chi connectivity index (χ4n) is 2.56. The van der Waals surface area contributed by atoms with Crippen LogP contribution >= 0.6 is 11.6 Å². The van der Waals surface area contributed by atoms with Crippen LogP contribution in [0.1, 0.15) is 28.9 Å². The van der Waals surface area contributed by atoms with E-state index in [0.717, 1.165) is 12.1 Å². The van der Waals surface area contributed by atoms with E-state index < -0.39 is 47.3 Å². The largest absolute Gasteiger partial charge is 0.449 e. The second kappa shape index (κ2) is 8.75. The summed E-state index contributed by atoms with van der Waals surface area (Å²) in [5.74, 6) is -1.57. The molecule has 0 amide bonds. The van der Waals surface area contributed by atoms with E-state index in [1.807, 2.05) is 5.10 Å². The van der Waals surface area contributed by atoms with Crippen molar-refractivity contribution in [3.05, 3.63) is 78.8 Å². The Morgan fingerprint density at radius 1 is 1.22 bits per heavy atom. The molecule has 0 saturated heterocycles. The number of alkyl halides is 5. The highest BCUT2D eigenvalue weighted by Crippen LogP contribution is 2.35. The molecule has 0 spiro atoms. The lowest BCUT2D eigenvalue weighted by molar-refractivity contribution is -0.142. The third-order valence-corrected chi connectivity index (χ3v) is 4.16. The molecule has 32 heavy (non-hydrogen) atoms. The summed E-state index contributed by atoms with van der Waals surface area (Å²) in [5.41, 5.74) is -5.34. The molecule has 0 atom stereocenters. The number of hydrogen-bond acceptors (Lipinski definition) is 6. The number of nitrogens with zero attached hydrogens (tertiary/aromatic N) is 4. The van der Waals surface area contributed by atoms with E-state index in [9.17, 15) is 31.5 Å². The number of H-pyrrole nitrogens is 1. The summed E-state index contributed by atoms with van der Waals surface area (Å²) in [7, 11) is 0. The Labute approximate surface area is 179 Å². The third kappa shape index (κ3) is 4.92. The monoisotopic (exact) mass is 473 g/mol. The number of benzene rings is 1. The molecular formula is C18H9ClF5N5O3. The summed E-state index contributed by atoms with van der Waals surface area (Å²) in [6.45, 7) is -0.601. The molecule has 166 valence electrons. The van der Waals surface area contributed by atoms with Gasteiger partial charge in [0.05, 0.1) is 35.8 Å². The van der Waals surface area contributed by atoms with Crippen LogP contribution in [0.5, 0.6) is 11.5 Å². The van der Waals surface area contributed by atoms with Crippen molar-refractivity contribution in [2.24, 2.45) is 0 Å². The lowest BCUT2D eigenvalue weighted by Gasteiger charge is -2.15. The Balaban J connectivity index is 2.09. The maximum Gasteiger partial charge on any atom is 0.437 e. The summed E-state index contributed by atoms with van der Waals surface area (Å²) in [6, 6.07) is 5.81. The van der Waals surface area contributed by atoms with E-state index in [-0.39, 0.29) is 22.0 Å². The summed E-state index contributed by atoms with van der Waals surface area (Å²) in [6.07, 6.45) is -7.69. The van der Waals surface area contributed by atoms with Crippen molar-refractivity contribution in [2.75, 3.05) is 0 Å². The molecule has 0 unspecified atom stereocenters. The van der Waals surface area contributed by atoms with Gasteiger partial charge in [0.1, 0.15) is 5.75 Å². The molecule has 2 heterocycles. The molecule has 0 bridgehead atoms. The van der Waals surface area contributed by atoms with Crippen LogP contribution in [0.2, 0.25) is 5.02 Å². The molecule has 1 N–H and O–H groups in total. The minimum atomic E-state index is -5.08. The van der Waals surface area contributed by atoms with Gasteiger partial charge in [0.15, 0.2) is 5.69 Å². The van der Waals surface area contributed by atoms with Gasteiger partial charge in [-0.2, -0.15) is 23.5 Å². The van der Waals surface area contributed by atoms with E-state index in [4.69, 9.17) is 21.6 Å². The summed E-state index contributed by atoms with van der Waals surface area (Å²) in [4.78, 5) is 27.3. The first-order valence-corrected chi connectivity index (χ1v) is 8.79. The predicted octanol–water partition coefficient (Wildman–Crippen LogP) is 3.65. The molecule has 0 saturated carbocycles. The first-order chi connectivity index (χ1) is 15.0. The third-order valence-electron chi connectivity index (χ3n) is 3.94. The highest BCUT2D eigenvalue weighted by molar-refractivity contribution is 6.30. The number of halogens is 6. The zero-order chi connectivity index (χ0) is 23.6. The lowest BCUT2D eigenvalue weighted by atomic mass is 10.2. The standard InChI is InChI=1S/C18H9ClF5N5O3/c19-9-1-8(5-25)2-11(3-9)32-13-14(18(22,23)24)26-7-29(17(13)31)6-10-4-12(15(20)21)16(30)28-27-10/h1-4,7,15H,6H2,(H,28,30). The second-order valence-electron chi connectivity index (χ2n) is 6.19. The van der Waals surface area contributed by atoms with Crippen LogP contribution in [0, 0.1) is 11.3 Å². The fraction of sp³-hybridized carbons (Fsp3) is 0.167. The van der Waals surface area contributed by atoms with Gasteiger partial charge in [-0.15, -0.1) is 0 Å². The van der Waals surface area contributed by atoms with Crippen molar-refractivity contribution in [3.63, 3.8) is 0 Å². The predicted molar refractivity (Wildman–Crippen MR) is 98.7 cm³/mol. The summed E-state index contributed by atoms with van der Waals surface area (Å²) in [5, 5.41) is 14.3. The molecule has 8 nitrogen and oxygen atoms in total. The van der Waals surface area contributed by atoms with Gasteiger partial charge < -0.3 is 4.74 Å². The zero-order valence-corrected chi connectivity index (χ0v) is 16.2. The van der Waals surface area contributed by atoms with Gasteiger partial charge in [-0.05, 0) is 24.3 Å². The van der Waals surface area contributed by atoms with Crippen LogP contribution in [0.4, 0.5) is 22.0 Å². The molecule has 0 aliphatic carbocycles. The topological polar surface area (TPSA) is 114 Å². The number of ether oxygens (including phenoxy) is 1. The molecule has 1 aromatic carbocycles. The fourth-order valence-corrected chi connectivity index (χ4v) is 2.79. The van der Waals surface area contributed by atoms with Crippen LogP contribution in [0.15, 0.2) is 40.2 Å². The van der Waals surface area contributed by atoms with Gasteiger partial charge in [0.2, 0.25) is 5.75 Å². The molecule has 3 rings (SSSR count). The molecule has 14 heteroatoms. The van der Waals surface area contributed by atoms with Crippen molar-refractivity contribution in [1.29, 1.82) is 5.26 Å². The van der Waals surface area contributed by atoms with Crippen LogP contribution in [-0.2, 0) is 12.7 Å². The zero-order valence-electron chi connectivity index (χ0n) is 15.5. The molecule has 2 aromatic heterocycles. The summed E-state index contributed by atoms with van der Waals surface area (Å²) >= 11 is 5.81. The molecule has 0 aliphatic heterocycles. The Morgan fingerprint density at radius 2 is 1.94 bits per heavy atom. The lowest BCUT2D eigenvalue weighted by Crippen LogP contribution is -2.27. The van der Waals surface area contributed by atoms with Gasteiger partial charge >= 0.3 is 6.18 Å². The maximum absolute atomic E-state index is 13.4. The van der Waals surface area contributed by atoms with E-state index >= 15 is 0 Å². The number of hydrogen-bond donors (Lipinski definition) is 1. The molecular weight excluding hydrogens is 465 g/mol. The molecule has 0 fully saturated rings. The van der Waals surface area contributed by atoms with Crippen LogP contribution < -0.4 is 15.9 Å². The normalized spacial score (nSPS) is 11.4. The molecule has 0 aliphatic rings. The maximum atomic E-state index is 13.4. The Morgan fingerprint density at radius 3 is 2.56 bits per heavy atom. The van der Waals surface area contributed by atoms with Crippen molar-refractivity contribution >= 4 is 11.6 Å². The quantitative estimate of drug-likeness (QED) is 0.566. The minimum Gasteiger partial charge on any atom is -0.449 e. The minimum absolute atomic E-state index is 0.0335. The van der Waals surface area contributed by atoms with Gasteiger partial charge in [-0.3, -0.25) is 14.2 Å². The van der Waals surface area contributed by atoms with Crippen molar-refractivity contribution in [3.8, 4) is 17.6 Å². The highest BCUT2D eigenvalue weighted by atomic mass is 35.5. The van der Waals surface area contributed by atoms with Crippen molar-refractivity contribution < 1.29 is 26.7 Å². The van der Waals surface area contributed by atoms with Crippen LogP contribution in [0.25, 0.3) is 0 Å². The summed E-state index contributed by atoms with van der Waals surface area (Å²) < 4.78 is 71.7. The molecule has 3 aromatic rings. The van der Waals surface area contributed by atoms with E-state index in [0.29, 0.717) is 17.0 Å². The average Bonchev–Trinajstić information content (AvgIpc) is 2.70. The van der Waals surface area contributed by atoms with E-state index in [1.54, 1.807) is 6.07 Å². The van der Waals surface area contributed by atoms with E-state index in [2.05, 4.69) is 10.1 Å². The average molecular weight is 474 g/mol. The Hall–Kier alpha value is -3.79. The highest BCUT2D eigenvalue weighted by Gasteiger charge is 2.38. The van der Waals surface area contributed by atoms with Gasteiger partial charge in [-0.25, -0.2) is 18.9 Å².